The summed E-state index contributed by atoms with van der Waals surface area (Å²) < 4.78 is 79.4. The molecule has 3 aromatic rings. The smallest absolute Gasteiger partial charge is 0.378 e. The lowest BCUT2D eigenvalue weighted by molar-refractivity contribution is -0.141. The van der Waals surface area contributed by atoms with E-state index in [4.69, 9.17) is 0 Å². The Morgan fingerprint density at radius 3 is 2.32 bits per heavy atom. The summed E-state index contributed by atoms with van der Waals surface area (Å²) in [5, 5.41) is 2.70. The Balaban J connectivity index is 1.82. The maximum absolute atomic E-state index is 14.5. The number of benzene rings is 2. The molecule has 0 aliphatic carbocycles. The Hall–Kier alpha value is -3.51. The molecule has 0 spiro atoms. The molecule has 1 unspecified atom stereocenters. The van der Waals surface area contributed by atoms with Crippen LogP contribution < -0.4 is 14.9 Å². The van der Waals surface area contributed by atoms with Crippen LogP contribution in [0.5, 0.6) is 0 Å². The Kier molecular flexibility index (Phi) is 8.78. The van der Waals surface area contributed by atoms with Gasteiger partial charge in [0.2, 0.25) is 15.9 Å². The monoisotopic (exact) mass is 552 g/mol. The van der Waals surface area contributed by atoms with Crippen LogP contribution in [0, 0.1) is 5.82 Å². The molecular weight excluding hydrogens is 524 g/mol. The van der Waals surface area contributed by atoms with Gasteiger partial charge in [-0.3, -0.25) is 4.79 Å². The average Bonchev–Trinajstić information content (AvgIpc) is 2.84. The number of alkyl halides is 3. The van der Waals surface area contributed by atoms with Crippen LogP contribution in [0.15, 0.2) is 54.6 Å². The Bertz CT molecular complexity index is 1430. The molecule has 0 radical (unpaired) electrons. The Morgan fingerprint density at radius 2 is 1.71 bits per heavy atom. The van der Waals surface area contributed by atoms with Gasteiger partial charge in [0.05, 0.1) is 17.9 Å². The first-order valence-corrected chi connectivity index (χ1v) is 13.4. The van der Waals surface area contributed by atoms with Gasteiger partial charge in [-0.15, -0.1) is 0 Å². The third kappa shape index (κ3) is 7.51. The molecule has 12 heteroatoms. The number of rotatable bonds is 9. The molecule has 3 rings (SSSR count). The first-order chi connectivity index (χ1) is 17.7. The maximum atomic E-state index is 14.5. The summed E-state index contributed by atoms with van der Waals surface area (Å²) in [6, 6.07) is 13.1. The normalized spacial score (nSPS) is 12.7. The molecule has 0 aliphatic rings. The number of hydrogen-bond donors (Lipinski definition) is 2. The first-order valence-electron chi connectivity index (χ1n) is 11.5. The molecule has 0 aliphatic heterocycles. The van der Waals surface area contributed by atoms with E-state index in [0.717, 1.165) is 24.1 Å². The fourth-order valence-electron chi connectivity index (χ4n) is 3.64. The zero-order valence-electron chi connectivity index (χ0n) is 21.2. The van der Waals surface area contributed by atoms with Crippen LogP contribution in [0.25, 0.3) is 11.3 Å². The number of halogens is 4. The molecule has 7 nitrogen and oxygen atoms in total. The van der Waals surface area contributed by atoms with Crippen molar-refractivity contribution >= 4 is 21.6 Å². The molecular formula is C26H28F4N4O3S. The lowest BCUT2D eigenvalue weighted by Gasteiger charge is -2.18. The Morgan fingerprint density at radius 1 is 1.03 bits per heavy atom. The van der Waals surface area contributed by atoms with Gasteiger partial charge in [0, 0.05) is 44.0 Å². The summed E-state index contributed by atoms with van der Waals surface area (Å²) in [5.74, 6) is -1.93. The summed E-state index contributed by atoms with van der Waals surface area (Å²) >= 11 is 0. The van der Waals surface area contributed by atoms with E-state index in [1.54, 1.807) is 39.2 Å². The summed E-state index contributed by atoms with van der Waals surface area (Å²) in [6.07, 6.45) is -3.68. The summed E-state index contributed by atoms with van der Waals surface area (Å²) in [7, 11) is 0.104. The van der Waals surface area contributed by atoms with Crippen LogP contribution >= 0.6 is 0 Å². The number of aromatic nitrogens is 1. The average molecular weight is 553 g/mol. The minimum atomic E-state index is -4.64. The number of nitrogens with one attached hydrogen (secondary N) is 2. The third-order valence-corrected chi connectivity index (χ3v) is 6.52. The minimum Gasteiger partial charge on any atom is -0.378 e. The van der Waals surface area contributed by atoms with E-state index in [1.807, 2.05) is 11.0 Å². The second-order valence-corrected chi connectivity index (χ2v) is 10.9. The molecule has 1 aromatic heterocycles. The molecule has 0 saturated carbocycles. The van der Waals surface area contributed by atoms with Gasteiger partial charge in [-0.05, 0) is 42.3 Å². The number of nitrogens with zero attached hydrogens (tertiary/aromatic N) is 2. The van der Waals surface area contributed by atoms with Gasteiger partial charge in [0.15, 0.2) is 0 Å². The van der Waals surface area contributed by atoms with E-state index in [9.17, 15) is 30.8 Å². The topological polar surface area (TPSA) is 91.4 Å². The van der Waals surface area contributed by atoms with Crippen molar-refractivity contribution in [1.82, 2.24) is 15.0 Å². The number of hydrogen-bond acceptors (Lipinski definition) is 5. The molecule has 0 saturated heterocycles. The van der Waals surface area contributed by atoms with Crippen LogP contribution in [0.2, 0.25) is 0 Å². The van der Waals surface area contributed by atoms with E-state index in [1.165, 1.54) is 18.2 Å². The van der Waals surface area contributed by atoms with Crippen molar-refractivity contribution in [2.24, 2.45) is 0 Å². The van der Waals surface area contributed by atoms with Crippen molar-refractivity contribution in [1.29, 1.82) is 0 Å². The number of pyridine rings is 1. The van der Waals surface area contributed by atoms with Gasteiger partial charge < -0.3 is 10.2 Å². The van der Waals surface area contributed by atoms with Crippen molar-refractivity contribution in [3.63, 3.8) is 0 Å². The lowest BCUT2D eigenvalue weighted by atomic mass is 9.98. The van der Waals surface area contributed by atoms with Gasteiger partial charge in [0.25, 0.3) is 0 Å². The first kappa shape index (κ1) is 29.1. The van der Waals surface area contributed by atoms with E-state index >= 15 is 0 Å². The van der Waals surface area contributed by atoms with E-state index < -0.39 is 39.5 Å². The summed E-state index contributed by atoms with van der Waals surface area (Å²) in [4.78, 5) is 18.5. The van der Waals surface area contributed by atoms with Crippen molar-refractivity contribution < 1.29 is 30.8 Å². The molecule has 2 aromatic carbocycles. The summed E-state index contributed by atoms with van der Waals surface area (Å²) in [6.45, 7) is 1.23. The molecule has 1 heterocycles. The zero-order valence-corrected chi connectivity index (χ0v) is 22.0. The standard InChI is InChI=1S/C26H28F4N4O3S/c1-16(17-8-9-19(22(27)13-17)15-32-38(4,36)37)25(35)31-14-20-10-11-23(26(28,29)30)33-24(20)18-6-5-7-21(12-18)34(2)3/h5-13,16,32H,14-15H2,1-4H3,(H,31,35). The van der Waals surface area contributed by atoms with Crippen molar-refractivity contribution in [2.45, 2.75) is 32.1 Å². The van der Waals surface area contributed by atoms with Gasteiger partial charge >= 0.3 is 6.18 Å². The second kappa shape index (κ2) is 11.5. The highest BCUT2D eigenvalue weighted by molar-refractivity contribution is 7.88. The number of amides is 1. The highest BCUT2D eigenvalue weighted by Crippen LogP contribution is 2.32. The highest BCUT2D eigenvalue weighted by Gasteiger charge is 2.33. The van der Waals surface area contributed by atoms with Gasteiger partial charge in [-0.25, -0.2) is 22.5 Å². The van der Waals surface area contributed by atoms with Crippen molar-refractivity contribution in [3.05, 3.63) is 82.8 Å². The SMILES string of the molecule is CC(C(=O)NCc1ccc(C(F)(F)F)nc1-c1cccc(N(C)C)c1)c1ccc(CNS(C)(=O)=O)c(F)c1. The number of carbonyl (C=O) groups excluding carboxylic acids is 1. The van der Waals surface area contributed by atoms with Gasteiger partial charge in [0.1, 0.15) is 11.5 Å². The lowest BCUT2D eigenvalue weighted by Crippen LogP contribution is -2.28. The molecule has 38 heavy (non-hydrogen) atoms. The maximum Gasteiger partial charge on any atom is 0.433 e. The number of carbonyl (C=O) groups is 1. The van der Waals surface area contributed by atoms with Crippen LogP contribution in [-0.2, 0) is 34.1 Å². The van der Waals surface area contributed by atoms with Crippen LogP contribution in [0.4, 0.5) is 23.2 Å². The highest BCUT2D eigenvalue weighted by atomic mass is 32.2. The third-order valence-electron chi connectivity index (χ3n) is 5.85. The predicted molar refractivity (Wildman–Crippen MR) is 137 cm³/mol. The molecule has 0 bridgehead atoms. The van der Waals surface area contributed by atoms with Crippen LogP contribution in [-0.4, -0.2) is 39.7 Å². The quantitative estimate of drug-likeness (QED) is 0.383. The fraction of sp³-hybridized carbons (Fsp3) is 0.308. The number of sulfonamides is 1. The molecule has 1 amide bonds. The summed E-state index contributed by atoms with van der Waals surface area (Å²) in [5.41, 5.74) is 1.11. The molecule has 1 atom stereocenters. The fourth-order valence-corrected chi connectivity index (χ4v) is 4.06. The van der Waals surface area contributed by atoms with E-state index in [0.29, 0.717) is 16.7 Å². The van der Waals surface area contributed by atoms with Crippen LogP contribution in [0.3, 0.4) is 0 Å². The predicted octanol–water partition coefficient (Wildman–Crippen LogP) is 4.44. The van der Waals surface area contributed by atoms with Gasteiger partial charge in [-0.2, -0.15) is 13.2 Å². The molecule has 0 fully saturated rings. The Labute approximate surface area is 218 Å². The zero-order chi connectivity index (χ0) is 28.3. The van der Waals surface area contributed by atoms with Crippen LogP contribution in [0.1, 0.15) is 35.2 Å². The van der Waals surface area contributed by atoms with Gasteiger partial charge in [-0.1, -0.05) is 30.3 Å². The van der Waals surface area contributed by atoms with Crippen molar-refractivity contribution in [3.8, 4) is 11.3 Å². The van der Waals surface area contributed by atoms with E-state index in [2.05, 4.69) is 15.0 Å². The second-order valence-electron chi connectivity index (χ2n) is 9.03. The molecule has 2 N–H and O–H groups in total. The molecule has 204 valence electrons. The van der Waals surface area contributed by atoms with E-state index in [-0.39, 0.29) is 24.3 Å². The van der Waals surface area contributed by atoms with Crippen molar-refractivity contribution in [2.75, 3.05) is 25.3 Å². The number of anilines is 1. The minimum absolute atomic E-state index is 0.0882. The largest absolute Gasteiger partial charge is 0.433 e.